The molecule has 2 atom stereocenters. The van der Waals surface area contributed by atoms with Gasteiger partial charge in [0.1, 0.15) is 0 Å². The van der Waals surface area contributed by atoms with Crippen molar-refractivity contribution in [3.05, 3.63) is 0 Å². The SMILES string of the molecule is O=C1NC2C(=O)OC(=O)C2N1. The quantitative estimate of drug-likeness (QED) is 0.317. The van der Waals surface area contributed by atoms with Gasteiger partial charge >= 0.3 is 18.0 Å². The summed E-state index contributed by atoms with van der Waals surface area (Å²) >= 11 is 0. The highest BCUT2D eigenvalue weighted by atomic mass is 16.6. The lowest BCUT2D eigenvalue weighted by Crippen LogP contribution is -2.35. The Morgan fingerprint density at radius 2 is 1.45 bits per heavy atom. The van der Waals surface area contributed by atoms with E-state index in [0.29, 0.717) is 0 Å². The number of carbonyl (C=O) groups is 3. The summed E-state index contributed by atoms with van der Waals surface area (Å²) in [4.78, 5) is 32.0. The van der Waals surface area contributed by atoms with Gasteiger partial charge in [0, 0.05) is 0 Å². The van der Waals surface area contributed by atoms with Gasteiger partial charge < -0.3 is 15.4 Å². The van der Waals surface area contributed by atoms with E-state index in [0.717, 1.165) is 0 Å². The second-order valence-corrected chi connectivity index (χ2v) is 2.31. The molecule has 2 N–H and O–H groups in total. The summed E-state index contributed by atoms with van der Waals surface area (Å²) in [5.74, 6) is -1.39. The van der Waals surface area contributed by atoms with Crippen molar-refractivity contribution in [1.29, 1.82) is 0 Å². The molecule has 2 aliphatic rings. The molecule has 2 fully saturated rings. The lowest BCUT2D eigenvalue weighted by Gasteiger charge is -1.95. The number of nitrogens with one attached hydrogen (secondary N) is 2. The number of hydrogen-bond acceptors (Lipinski definition) is 4. The zero-order valence-electron chi connectivity index (χ0n) is 5.29. The summed E-state index contributed by atoms with van der Waals surface area (Å²) in [6, 6.07) is -2.16. The van der Waals surface area contributed by atoms with E-state index in [9.17, 15) is 14.4 Å². The molecule has 0 saturated carbocycles. The molecule has 0 aromatic heterocycles. The lowest BCUT2D eigenvalue weighted by molar-refractivity contribution is -0.153. The molecule has 2 rings (SSSR count). The normalized spacial score (nSPS) is 34.4. The van der Waals surface area contributed by atoms with Crippen LogP contribution in [0.15, 0.2) is 0 Å². The maximum atomic E-state index is 10.7. The Bertz CT molecular complexity index is 237. The van der Waals surface area contributed by atoms with Crippen LogP contribution in [0.5, 0.6) is 0 Å². The molecule has 2 amide bonds. The maximum Gasteiger partial charge on any atom is 0.339 e. The smallest absolute Gasteiger partial charge is 0.339 e. The molecule has 6 nitrogen and oxygen atoms in total. The molecular formula is C5H4N2O4. The molecule has 0 aliphatic carbocycles. The highest BCUT2D eigenvalue weighted by molar-refractivity contribution is 6.06. The average molecular weight is 156 g/mol. The molecule has 2 aliphatic heterocycles. The third kappa shape index (κ3) is 0.688. The minimum atomic E-state index is -0.824. The zero-order chi connectivity index (χ0) is 8.01. The predicted molar refractivity (Wildman–Crippen MR) is 30.3 cm³/mol. The van der Waals surface area contributed by atoms with Crippen molar-refractivity contribution in [2.24, 2.45) is 0 Å². The first-order chi connectivity index (χ1) is 5.18. The van der Waals surface area contributed by atoms with Crippen LogP contribution < -0.4 is 10.6 Å². The first kappa shape index (κ1) is 6.14. The number of esters is 2. The van der Waals surface area contributed by atoms with Crippen molar-refractivity contribution < 1.29 is 19.1 Å². The average Bonchev–Trinajstić information content (AvgIpc) is 2.38. The molecule has 0 aromatic carbocycles. The summed E-state index contributed by atoms with van der Waals surface area (Å²) in [6.07, 6.45) is 0. The Balaban J connectivity index is 2.29. The number of fused-ring (bicyclic) bond motifs is 1. The third-order valence-corrected chi connectivity index (χ3v) is 1.62. The standard InChI is InChI=1S/C5H4N2O4/c8-3-1-2(4(9)11-3)7-5(10)6-1/h1-2H,(H2,6,7,10). The van der Waals surface area contributed by atoms with Crippen LogP contribution in [-0.2, 0) is 14.3 Å². The van der Waals surface area contributed by atoms with Crippen molar-refractivity contribution in [3.8, 4) is 0 Å². The highest BCUT2D eigenvalue weighted by Gasteiger charge is 2.50. The van der Waals surface area contributed by atoms with Crippen LogP contribution in [0.3, 0.4) is 0 Å². The molecule has 2 unspecified atom stereocenters. The topological polar surface area (TPSA) is 84.5 Å². The van der Waals surface area contributed by atoms with Gasteiger partial charge in [-0.15, -0.1) is 0 Å². The van der Waals surface area contributed by atoms with Crippen molar-refractivity contribution in [1.82, 2.24) is 10.6 Å². The summed E-state index contributed by atoms with van der Waals surface area (Å²) in [7, 11) is 0. The molecule has 0 aromatic rings. The maximum absolute atomic E-state index is 10.7. The Hall–Kier alpha value is -1.59. The fraction of sp³-hybridized carbons (Fsp3) is 0.400. The van der Waals surface area contributed by atoms with E-state index < -0.39 is 30.1 Å². The second kappa shape index (κ2) is 1.71. The van der Waals surface area contributed by atoms with Gasteiger partial charge in [-0.25, -0.2) is 14.4 Å². The summed E-state index contributed by atoms with van der Waals surface area (Å²) in [6.45, 7) is 0. The first-order valence-electron chi connectivity index (χ1n) is 3.01. The number of ether oxygens (including phenoxy) is 1. The van der Waals surface area contributed by atoms with Crippen molar-refractivity contribution in [2.45, 2.75) is 12.1 Å². The molecule has 2 saturated heterocycles. The molecule has 0 radical (unpaired) electrons. The van der Waals surface area contributed by atoms with Crippen LogP contribution in [0.25, 0.3) is 0 Å². The molecule has 0 bridgehead atoms. The monoisotopic (exact) mass is 156 g/mol. The summed E-state index contributed by atoms with van der Waals surface area (Å²) in [5.41, 5.74) is 0. The number of rotatable bonds is 0. The van der Waals surface area contributed by atoms with Crippen molar-refractivity contribution in [2.75, 3.05) is 0 Å². The van der Waals surface area contributed by atoms with Crippen LogP contribution in [0.2, 0.25) is 0 Å². The van der Waals surface area contributed by atoms with Gasteiger partial charge in [-0.3, -0.25) is 0 Å². The third-order valence-electron chi connectivity index (χ3n) is 1.62. The number of carbonyl (C=O) groups excluding carboxylic acids is 3. The minimum absolute atomic E-state index is 0.509. The molecule has 6 heteroatoms. The number of urea groups is 1. The fourth-order valence-corrected chi connectivity index (χ4v) is 1.11. The van der Waals surface area contributed by atoms with Crippen LogP contribution in [0, 0.1) is 0 Å². The van der Waals surface area contributed by atoms with Gasteiger partial charge in [0.15, 0.2) is 12.1 Å². The largest absolute Gasteiger partial charge is 0.390 e. The van der Waals surface area contributed by atoms with Crippen molar-refractivity contribution in [3.63, 3.8) is 0 Å². The van der Waals surface area contributed by atoms with Gasteiger partial charge in [-0.1, -0.05) is 0 Å². The van der Waals surface area contributed by atoms with E-state index in [4.69, 9.17) is 0 Å². The first-order valence-corrected chi connectivity index (χ1v) is 3.01. The van der Waals surface area contributed by atoms with E-state index in [1.807, 2.05) is 0 Å². The van der Waals surface area contributed by atoms with E-state index in [-0.39, 0.29) is 0 Å². The Morgan fingerprint density at radius 3 is 1.91 bits per heavy atom. The Labute approximate surface area is 60.9 Å². The minimum Gasteiger partial charge on any atom is -0.390 e. The number of amides is 2. The van der Waals surface area contributed by atoms with Gasteiger partial charge in [-0.05, 0) is 0 Å². The van der Waals surface area contributed by atoms with Gasteiger partial charge in [0.25, 0.3) is 0 Å². The molecule has 58 valence electrons. The zero-order valence-corrected chi connectivity index (χ0v) is 5.29. The van der Waals surface area contributed by atoms with Crippen LogP contribution in [0.4, 0.5) is 4.79 Å². The summed E-state index contributed by atoms with van der Waals surface area (Å²) in [5, 5.41) is 4.50. The number of hydrogen-bond donors (Lipinski definition) is 2. The van der Waals surface area contributed by atoms with E-state index in [1.54, 1.807) is 0 Å². The van der Waals surface area contributed by atoms with Crippen LogP contribution in [-0.4, -0.2) is 30.1 Å². The molecular weight excluding hydrogens is 152 g/mol. The highest BCUT2D eigenvalue weighted by Crippen LogP contribution is 2.13. The summed E-state index contributed by atoms with van der Waals surface area (Å²) < 4.78 is 4.22. The predicted octanol–water partition coefficient (Wildman–Crippen LogP) is -1.88. The Morgan fingerprint density at radius 1 is 1.00 bits per heavy atom. The molecule has 2 heterocycles. The van der Waals surface area contributed by atoms with Gasteiger partial charge in [0.05, 0.1) is 0 Å². The van der Waals surface area contributed by atoms with E-state index >= 15 is 0 Å². The molecule has 0 spiro atoms. The second-order valence-electron chi connectivity index (χ2n) is 2.31. The van der Waals surface area contributed by atoms with E-state index in [2.05, 4.69) is 15.4 Å². The van der Waals surface area contributed by atoms with Gasteiger partial charge in [0.2, 0.25) is 0 Å². The van der Waals surface area contributed by atoms with E-state index in [1.165, 1.54) is 0 Å². The van der Waals surface area contributed by atoms with Crippen LogP contribution in [0.1, 0.15) is 0 Å². The lowest BCUT2D eigenvalue weighted by atomic mass is 10.2. The van der Waals surface area contributed by atoms with Gasteiger partial charge in [-0.2, -0.15) is 0 Å². The fourth-order valence-electron chi connectivity index (χ4n) is 1.11. The Kier molecular flexibility index (Phi) is 0.957. The van der Waals surface area contributed by atoms with Crippen molar-refractivity contribution >= 4 is 18.0 Å². The van der Waals surface area contributed by atoms with Crippen LogP contribution >= 0.6 is 0 Å². The number of cyclic esters (lactones) is 2. The molecule has 11 heavy (non-hydrogen) atoms.